The standard InChI is InChI=1S/C21H21F2N3O2S/c22-16-4-2-15(3-5-16)20(27)26(9-1-8-25-10-12-28-13-11-25)21-24-18-7-6-17(23)14-19(18)29-21/h2-7,14H,1,8-13H2/p+1. The topological polar surface area (TPSA) is 46.9 Å². The summed E-state index contributed by atoms with van der Waals surface area (Å²) in [7, 11) is 0. The van der Waals surface area contributed by atoms with E-state index in [0.29, 0.717) is 27.5 Å². The highest BCUT2D eigenvalue weighted by molar-refractivity contribution is 7.22. The van der Waals surface area contributed by atoms with Crippen LogP contribution < -0.4 is 9.80 Å². The molecule has 1 saturated heterocycles. The minimum absolute atomic E-state index is 0.235. The zero-order chi connectivity index (χ0) is 20.2. The lowest BCUT2D eigenvalue weighted by atomic mass is 10.2. The number of nitrogens with zero attached hydrogens (tertiary/aromatic N) is 2. The van der Waals surface area contributed by atoms with Crippen molar-refractivity contribution < 1.29 is 23.2 Å². The average molecular weight is 418 g/mol. The van der Waals surface area contributed by atoms with E-state index < -0.39 is 0 Å². The van der Waals surface area contributed by atoms with E-state index in [1.807, 2.05) is 0 Å². The van der Waals surface area contributed by atoms with Crippen LogP contribution in [0.2, 0.25) is 0 Å². The molecule has 29 heavy (non-hydrogen) atoms. The van der Waals surface area contributed by atoms with Gasteiger partial charge in [0.05, 0.1) is 30.0 Å². The van der Waals surface area contributed by atoms with Gasteiger partial charge in [0.1, 0.15) is 24.7 Å². The van der Waals surface area contributed by atoms with Crippen LogP contribution in [-0.2, 0) is 4.74 Å². The lowest BCUT2D eigenvalue weighted by Crippen LogP contribution is -3.14. The zero-order valence-electron chi connectivity index (χ0n) is 15.9. The van der Waals surface area contributed by atoms with Crippen molar-refractivity contribution in [2.45, 2.75) is 6.42 Å². The maximum absolute atomic E-state index is 13.6. The third-order valence-corrected chi connectivity index (χ3v) is 6.06. The van der Waals surface area contributed by atoms with Gasteiger partial charge in [-0.05, 0) is 42.5 Å². The number of hydrogen-bond donors (Lipinski definition) is 1. The third-order valence-electron chi connectivity index (χ3n) is 5.02. The molecule has 1 fully saturated rings. The van der Waals surface area contributed by atoms with Gasteiger partial charge in [0.25, 0.3) is 5.91 Å². The third kappa shape index (κ3) is 4.77. The Bertz CT molecular complexity index is 987. The van der Waals surface area contributed by atoms with E-state index in [0.717, 1.165) is 39.3 Å². The molecule has 2 heterocycles. The average Bonchev–Trinajstić information content (AvgIpc) is 3.15. The van der Waals surface area contributed by atoms with Gasteiger partial charge in [-0.3, -0.25) is 9.69 Å². The summed E-state index contributed by atoms with van der Waals surface area (Å²) in [5.41, 5.74) is 1.05. The number of nitrogens with one attached hydrogen (secondary N) is 1. The first-order chi connectivity index (χ1) is 14.1. The Morgan fingerprint density at radius 1 is 1.10 bits per heavy atom. The number of hydrogen-bond acceptors (Lipinski definition) is 4. The molecule has 1 amide bonds. The first-order valence-corrected chi connectivity index (χ1v) is 10.5. The number of aromatic nitrogens is 1. The van der Waals surface area contributed by atoms with Crippen LogP contribution in [0.15, 0.2) is 42.5 Å². The van der Waals surface area contributed by atoms with Crippen molar-refractivity contribution >= 4 is 32.6 Å². The maximum Gasteiger partial charge on any atom is 0.260 e. The monoisotopic (exact) mass is 418 g/mol. The number of benzene rings is 2. The molecule has 3 aromatic rings. The molecule has 4 rings (SSSR count). The van der Waals surface area contributed by atoms with Gasteiger partial charge in [-0.2, -0.15) is 0 Å². The molecule has 1 aliphatic heterocycles. The van der Waals surface area contributed by atoms with Crippen molar-refractivity contribution in [1.29, 1.82) is 0 Å². The molecule has 0 aliphatic carbocycles. The minimum Gasteiger partial charge on any atom is -0.370 e. The van der Waals surface area contributed by atoms with E-state index in [1.54, 1.807) is 11.0 Å². The van der Waals surface area contributed by atoms with E-state index in [2.05, 4.69) is 4.98 Å². The van der Waals surface area contributed by atoms with Crippen molar-refractivity contribution in [3.63, 3.8) is 0 Å². The highest BCUT2D eigenvalue weighted by Gasteiger charge is 2.22. The van der Waals surface area contributed by atoms with Gasteiger partial charge in [-0.15, -0.1) is 0 Å². The van der Waals surface area contributed by atoms with Gasteiger partial charge in [-0.1, -0.05) is 11.3 Å². The summed E-state index contributed by atoms with van der Waals surface area (Å²) < 4.78 is 32.9. The van der Waals surface area contributed by atoms with Crippen LogP contribution in [0.25, 0.3) is 10.2 Å². The van der Waals surface area contributed by atoms with E-state index in [-0.39, 0.29) is 17.5 Å². The first kappa shape index (κ1) is 19.9. The van der Waals surface area contributed by atoms with E-state index in [9.17, 15) is 13.6 Å². The molecular weight excluding hydrogens is 396 g/mol. The molecule has 0 bridgehead atoms. The van der Waals surface area contributed by atoms with Gasteiger partial charge in [-0.25, -0.2) is 13.8 Å². The lowest BCUT2D eigenvalue weighted by molar-refractivity contribution is -0.908. The number of fused-ring (bicyclic) bond motifs is 1. The van der Waals surface area contributed by atoms with Crippen molar-refractivity contribution in [2.24, 2.45) is 0 Å². The van der Waals surface area contributed by atoms with Gasteiger partial charge in [0, 0.05) is 18.5 Å². The summed E-state index contributed by atoms with van der Waals surface area (Å²) in [5.74, 6) is -0.957. The lowest BCUT2D eigenvalue weighted by Gasteiger charge is -2.25. The fraction of sp³-hybridized carbons (Fsp3) is 0.333. The fourth-order valence-corrected chi connectivity index (χ4v) is 4.45. The Morgan fingerprint density at radius 3 is 2.59 bits per heavy atom. The van der Waals surface area contributed by atoms with Crippen LogP contribution in [0.4, 0.5) is 13.9 Å². The number of halogens is 2. The summed E-state index contributed by atoms with van der Waals surface area (Å²) >= 11 is 1.28. The molecule has 0 spiro atoms. The Morgan fingerprint density at radius 2 is 1.83 bits per heavy atom. The summed E-state index contributed by atoms with van der Waals surface area (Å²) in [6.45, 7) is 4.87. The second-order valence-electron chi connectivity index (χ2n) is 7.04. The normalized spacial score (nSPS) is 15.0. The van der Waals surface area contributed by atoms with Gasteiger partial charge >= 0.3 is 0 Å². The van der Waals surface area contributed by atoms with E-state index >= 15 is 0 Å². The number of quaternary nitrogens is 1. The van der Waals surface area contributed by atoms with Crippen molar-refractivity contribution in [2.75, 3.05) is 44.3 Å². The van der Waals surface area contributed by atoms with Crippen LogP contribution >= 0.6 is 11.3 Å². The Balaban J connectivity index is 1.56. The number of amides is 1. The van der Waals surface area contributed by atoms with Crippen molar-refractivity contribution in [3.8, 4) is 0 Å². The molecule has 0 radical (unpaired) electrons. The molecule has 0 unspecified atom stereocenters. The van der Waals surface area contributed by atoms with Crippen LogP contribution in [0.3, 0.4) is 0 Å². The summed E-state index contributed by atoms with van der Waals surface area (Å²) in [5, 5.41) is 0.525. The van der Waals surface area contributed by atoms with Gasteiger partial charge < -0.3 is 9.64 Å². The SMILES string of the molecule is O=C(c1ccc(F)cc1)N(CCC[NH+]1CCOCC1)c1nc2ccc(F)cc2s1. The number of rotatable bonds is 6. The molecule has 152 valence electrons. The van der Waals surface area contributed by atoms with Crippen LogP contribution in [0.5, 0.6) is 0 Å². The van der Waals surface area contributed by atoms with Crippen molar-refractivity contribution in [3.05, 3.63) is 59.7 Å². The van der Waals surface area contributed by atoms with E-state index in [4.69, 9.17) is 4.74 Å². The molecule has 0 saturated carbocycles. The van der Waals surface area contributed by atoms with Crippen LogP contribution in [0.1, 0.15) is 16.8 Å². The molecule has 1 N–H and O–H groups in total. The second-order valence-corrected chi connectivity index (χ2v) is 8.05. The Labute approximate surface area is 171 Å². The number of thiazole rings is 1. The molecule has 1 aliphatic rings. The van der Waals surface area contributed by atoms with Gasteiger partial charge in [0.2, 0.25) is 0 Å². The molecule has 0 atom stereocenters. The first-order valence-electron chi connectivity index (χ1n) is 9.65. The largest absolute Gasteiger partial charge is 0.370 e. The maximum atomic E-state index is 13.6. The summed E-state index contributed by atoms with van der Waals surface area (Å²) in [6.07, 6.45) is 0.798. The zero-order valence-corrected chi connectivity index (χ0v) is 16.7. The molecular formula is C21H22F2N3O2S+. The second kappa shape index (κ2) is 8.94. The summed E-state index contributed by atoms with van der Waals surface area (Å²) in [6, 6.07) is 9.90. The number of carbonyl (C=O) groups is 1. The highest BCUT2D eigenvalue weighted by Crippen LogP contribution is 2.30. The Hall–Kier alpha value is -2.42. The fourth-order valence-electron chi connectivity index (χ4n) is 3.43. The van der Waals surface area contributed by atoms with Crippen LogP contribution in [-0.4, -0.2) is 50.3 Å². The van der Waals surface area contributed by atoms with E-state index in [1.165, 1.54) is 52.6 Å². The molecule has 2 aromatic carbocycles. The Kier molecular flexibility index (Phi) is 6.13. The highest BCUT2D eigenvalue weighted by atomic mass is 32.1. The molecule has 8 heteroatoms. The predicted octanol–water partition coefficient (Wildman–Crippen LogP) is 2.53. The number of carbonyl (C=O) groups excluding carboxylic acids is 1. The summed E-state index contributed by atoms with van der Waals surface area (Å²) in [4.78, 5) is 20.8. The predicted molar refractivity (Wildman–Crippen MR) is 109 cm³/mol. The molecule has 1 aromatic heterocycles. The quantitative estimate of drug-likeness (QED) is 0.669. The minimum atomic E-state index is -0.389. The number of anilines is 1. The van der Waals surface area contributed by atoms with Crippen molar-refractivity contribution in [1.82, 2.24) is 4.98 Å². The number of morpholine rings is 1. The smallest absolute Gasteiger partial charge is 0.260 e. The van der Waals surface area contributed by atoms with Gasteiger partial charge in [0.15, 0.2) is 5.13 Å². The van der Waals surface area contributed by atoms with Crippen LogP contribution in [0, 0.1) is 11.6 Å². The number of ether oxygens (including phenoxy) is 1. The molecule has 5 nitrogen and oxygen atoms in total.